The van der Waals surface area contributed by atoms with Crippen molar-refractivity contribution in [3.05, 3.63) is 64.7 Å². The molecule has 0 fully saturated rings. The fraction of sp³-hybridized carbons (Fsp3) is 0.417. The van der Waals surface area contributed by atoms with Crippen molar-refractivity contribution < 1.29 is 31.2 Å². The Hall–Kier alpha value is -2.79. The van der Waals surface area contributed by atoms with Gasteiger partial charge in [0.2, 0.25) is 21.8 Å². The molecule has 1 atom stereocenters. The van der Waals surface area contributed by atoms with Gasteiger partial charge in [0.1, 0.15) is 12.6 Å². The average Bonchev–Trinajstić information content (AvgIpc) is 2.74. The fourth-order valence-electron chi connectivity index (χ4n) is 3.29. The summed E-state index contributed by atoms with van der Waals surface area (Å²) >= 11 is 5.93. The van der Waals surface area contributed by atoms with Gasteiger partial charge >= 0.3 is 6.18 Å². The van der Waals surface area contributed by atoms with Gasteiger partial charge in [-0.3, -0.25) is 13.9 Å². The first kappa shape index (κ1) is 29.4. The Morgan fingerprint density at radius 1 is 1.06 bits per heavy atom. The Bertz CT molecular complexity index is 1200. The largest absolute Gasteiger partial charge is 0.416 e. The van der Waals surface area contributed by atoms with Crippen LogP contribution in [0.2, 0.25) is 5.02 Å². The average molecular weight is 548 g/mol. The van der Waals surface area contributed by atoms with Crippen molar-refractivity contribution in [3.63, 3.8) is 0 Å². The summed E-state index contributed by atoms with van der Waals surface area (Å²) in [6.45, 7) is 5.92. The highest BCUT2D eigenvalue weighted by Crippen LogP contribution is 2.32. The van der Waals surface area contributed by atoms with Crippen molar-refractivity contribution >= 4 is 39.1 Å². The number of anilines is 1. The van der Waals surface area contributed by atoms with Crippen LogP contribution in [0.25, 0.3) is 0 Å². The summed E-state index contributed by atoms with van der Waals surface area (Å²) in [5.74, 6) is -1.25. The number of carbonyl (C=O) groups is 2. The molecule has 7 nitrogen and oxygen atoms in total. The lowest BCUT2D eigenvalue weighted by Crippen LogP contribution is -2.54. The number of nitrogens with one attached hydrogen (secondary N) is 1. The van der Waals surface area contributed by atoms with E-state index in [1.807, 2.05) is 0 Å². The fourth-order valence-corrected chi connectivity index (χ4v) is 4.26. The van der Waals surface area contributed by atoms with E-state index in [1.54, 1.807) is 45.0 Å². The van der Waals surface area contributed by atoms with Crippen molar-refractivity contribution in [3.8, 4) is 0 Å². The molecule has 0 saturated carbocycles. The monoisotopic (exact) mass is 547 g/mol. The Kier molecular flexibility index (Phi) is 9.06. The number of hydrogen-bond donors (Lipinski definition) is 1. The van der Waals surface area contributed by atoms with E-state index >= 15 is 0 Å². The van der Waals surface area contributed by atoms with Gasteiger partial charge < -0.3 is 10.2 Å². The van der Waals surface area contributed by atoms with Crippen LogP contribution < -0.4 is 9.62 Å². The smallest absolute Gasteiger partial charge is 0.350 e. The Balaban J connectivity index is 2.45. The second kappa shape index (κ2) is 11.1. The summed E-state index contributed by atoms with van der Waals surface area (Å²) in [7, 11) is -4.16. The third kappa shape index (κ3) is 8.41. The maximum atomic E-state index is 13.4. The van der Waals surface area contributed by atoms with Gasteiger partial charge in [-0.05, 0) is 63.6 Å². The van der Waals surface area contributed by atoms with Crippen LogP contribution in [0, 0.1) is 0 Å². The van der Waals surface area contributed by atoms with Gasteiger partial charge in [0, 0.05) is 17.1 Å². The highest BCUT2D eigenvalue weighted by atomic mass is 35.5. The molecule has 0 heterocycles. The Labute approximate surface area is 214 Å². The van der Waals surface area contributed by atoms with Crippen molar-refractivity contribution in [2.24, 2.45) is 0 Å². The van der Waals surface area contributed by atoms with Gasteiger partial charge in [-0.1, -0.05) is 29.8 Å². The summed E-state index contributed by atoms with van der Waals surface area (Å²) in [4.78, 5) is 27.5. The molecule has 12 heteroatoms. The number of rotatable bonds is 8. The molecule has 2 rings (SSSR count). The first-order valence-corrected chi connectivity index (χ1v) is 13.1. The van der Waals surface area contributed by atoms with E-state index in [2.05, 4.69) is 5.32 Å². The maximum absolute atomic E-state index is 13.4. The zero-order valence-corrected chi connectivity index (χ0v) is 22.1. The second-order valence-electron chi connectivity index (χ2n) is 9.38. The molecule has 2 aromatic carbocycles. The van der Waals surface area contributed by atoms with Crippen LogP contribution in [0.3, 0.4) is 0 Å². The van der Waals surface area contributed by atoms with Crippen molar-refractivity contribution in [2.45, 2.75) is 52.0 Å². The van der Waals surface area contributed by atoms with Gasteiger partial charge in [0.25, 0.3) is 0 Å². The quantitative estimate of drug-likeness (QED) is 0.529. The molecular formula is C24H29ClF3N3O4S. The van der Waals surface area contributed by atoms with Crippen LogP contribution in [-0.2, 0) is 32.3 Å². The van der Waals surface area contributed by atoms with E-state index in [0.717, 1.165) is 18.4 Å². The van der Waals surface area contributed by atoms with Crippen LogP contribution >= 0.6 is 11.6 Å². The lowest BCUT2D eigenvalue weighted by molar-refractivity contribution is -0.140. The molecule has 0 aliphatic rings. The van der Waals surface area contributed by atoms with E-state index in [-0.39, 0.29) is 12.2 Å². The van der Waals surface area contributed by atoms with Crippen LogP contribution in [0.1, 0.15) is 38.8 Å². The number of alkyl halides is 3. The van der Waals surface area contributed by atoms with E-state index in [1.165, 1.54) is 17.9 Å². The first-order chi connectivity index (χ1) is 16.4. The molecule has 198 valence electrons. The van der Waals surface area contributed by atoms with E-state index in [4.69, 9.17) is 11.6 Å². The molecule has 0 aliphatic heterocycles. The van der Waals surface area contributed by atoms with Gasteiger partial charge in [-0.15, -0.1) is 0 Å². The predicted octanol–water partition coefficient (Wildman–Crippen LogP) is 4.46. The summed E-state index contributed by atoms with van der Waals surface area (Å²) in [5, 5.41) is 3.24. The lowest BCUT2D eigenvalue weighted by Gasteiger charge is -2.33. The normalized spacial score (nSPS) is 13.1. The number of amides is 2. The molecule has 0 bridgehead atoms. The summed E-state index contributed by atoms with van der Waals surface area (Å²) < 4.78 is 65.3. The third-order valence-corrected chi connectivity index (χ3v) is 6.46. The maximum Gasteiger partial charge on any atom is 0.416 e. The molecule has 0 aliphatic carbocycles. The second-order valence-corrected chi connectivity index (χ2v) is 11.7. The molecule has 36 heavy (non-hydrogen) atoms. The zero-order chi connectivity index (χ0) is 27.5. The predicted molar refractivity (Wildman–Crippen MR) is 133 cm³/mol. The SMILES string of the molecule is C[C@H](C(=O)NC(C)(C)C)N(Cc1ccc(Cl)cc1)C(=O)CN(c1cccc(C(F)(F)F)c1)S(C)(=O)=O. The van der Waals surface area contributed by atoms with Gasteiger partial charge in [-0.25, -0.2) is 8.42 Å². The summed E-state index contributed by atoms with van der Waals surface area (Å²) in [6, 6.07) is 9.18. The molecular weight excluding hydrogens is 519 g/mol. The van der Waals surface area contributed by atoms with Gasteiger partial charge in [0.05, 0.1) is 17.5 Å². The van der Waals surface area contributed by atoms with Gasteiger partial charge in [-0.2, -0.15) is 13.2 Å². The van der Waals surface area contributed by atoms with Crippen LogP contribution in [0.5, 0.6) is 0 Å². The molecule has 0 spiro atoms. The number of sulfonamides is 1. The molecule has 2 amide bonds. The van der Waals surface area contributed by atoms with E-state index in [9.17, 15) is 31.2 Å². The molecule has 0 saturated heterocycles. The minimum atomic E-state index is -4.70. The molecule has 0 aromatic heterocycles. The Morgan fingerprint density at radius 2 is 1.64 bits per heavy atom. The van der Waals surface area contributed by atoms with Crippen molar-refractivity contribution in [1.29, 1.82) is 0 Å². The number of carbonyl (C=O) groups excluding carboxylic acids is 2. The van der Waals surface area contributed by atoms with Crippen molar-refractivity contribution in [2.75, 3.05) is 17.1 Å². The lowest BCUT2D eigenvalue weighted by atomic mass is 10.1. The standard InChI is InChI=1S/C24H29ClF3N3O4S/c1-16(22(33)29-23(2,3)4)30(14-17-9-11-19(25)12-10-17)21(32)15-31(36(5,34)35)20-8-6-7-18(13-20)24(26,27)28/h6-13,16H,14-15H2,1-5H3,(H,29,33)/t16-/m1/s1. The zero-order valence-electron chi connectivity index (χ0n) is 20.6. The third-order valence-electron chi connectivity index (χ3n) is 5.07. The minimum absolute atomic E-state index is 0.0606. The number of halogens is 4. The summed E-state index contributed by atoms with van der Waals surface area (Å²) in [6.07, 6.45) is -3.91. The molecule has 0 radical (unpaired) electrons. The van der Waals surface area contributed by atoms with Crippen LogP contribution in [0.4, 0.5) is 18.9 Å². The highest BCUT2D eigenvalue weighted by Gasteiger charge is 2.34. The minimum Gasteiger partial charge on any atom is -0.350 e. The van der Waals surface area contributed by atoms with Crippen molar-refractivity contribution in [1.82, 2.24) is 10.2 Å². The summed E-state index contributed by atoms with van der Waals surface area (Å²) in [5.41, 5.74) is -1.36. The topological polar surface area (TPSA) is 86.8 Å². The molecule has 1 N–H and O–H groups in total. The number of hydrogen-bond acceptors (Lipinski definition) is 4. The first-order valence-electron chi connectivity index (χ1n) is 10.9. The van der Waals surface area contributed by atoms with E-state index in [0.29, 0.717) is 21.0 Å². The van der Waals surface area contributed by atoms with Crippen LogP contribution in [-0.4, -0.2) is 49.5 Å². The van der Waals surface area contributed by atoms with E-state index < -0.39 is 51.7 Å². The molecule has 0 unspecified atom stereocenters. The number of nitrogens with zero attached hydrogens (tertiary/aromatic N) is 2. The number of benzene rings is 2. The molecule has 2 aromatic rings. The highest BCUT2D eigenvalue weighted by molar-refractivity contribution is 7.92. The Morgan fingerprint density at radius 3 is 2.14 bits per heavy atom. The van der Waals surface area contributed by atoms with Gasteiger partial charge in [0.15, 0.2) is 0 Å². The van der Waals surface area contributed by atoms with Crippen LogP contribution in [0.15, 0.2) is 48.5 Å².